The molecule has 2 N–H and O–H groups in total. The standard InChI is InChI=1S/C21H19ClN2O4S/c1-28-19-11-9-17(10-12-19)24-29(26,27)20-4-2-3-18(14-20)23-21(25)13-15-5-7-16(22)8-6-15/h2-12,14,24H,13H2,1H3,(H,23,25). The van der Waals surface area contributed by atoms with Crippen molar-refractivity contribution < 1.29 is 17.9 Å². The van der Waals surface area contributed by atoms with Gasteiger partial charge in [-0.1, -0.05) is 29.8 Å². The summed E-state index contributed by atoms with van der Waals surface area (Å²) in [6.07, 6.45) is 0.151. The van der Waals surface area contributed by atoms with Crippen LogP contribution in [0.5, 0.6) is 5.75 Å². The highest BCUT2D eigenvalue weighted by Crippen LogP contribution is 2.21. The molecule has 0 aliphatic carbocycles. The molecule has 6 nitrogen and oxygen atoms in total. The van der Waals surface area contributed by atoms with Crippen molar-refractivity contribution in [3.63, 3.8) is 0 Å². The van der Waals surface area contributed by atoms with Crippen molar-refractivity contribution in [2.45, 2.75) is 11.3 Å². The van der Waals surface area contributed by atoms with Crippen molar-refractivity contribution in [3.05, 3.63) is 83.4 Å². The van der Waals surface area contributed by atoms with E-state index in [1.165, 1.54) is 19.2 Å². The maximum Gasteiger partial charge on any atom is 0.261 e. The zero-order chi connectivity index (χ0) is 20.9. The largest absolute Gasteiger partial charge is 0.497 e. The molecule has 0 unspecified atom stereocenters. The fraction of sp³-hybridized carbons (Fsp3) is 0.0952. The molecule has 3 aromatic rings. The summed E-state index contributed by atoms with van der Waals surface area (Å²) < 4.78 is 32.9. The average Bonchev–Trinajstić information content (AvgIpc) is 2.70. The highest BCUT2D eigenvalue weighted by Gasteiger charge is 2.15. The molecule has 0 saturated carbocycles. The number of halogens is 1. The normalized spacial score (nSPS) is 11.0. The Bertz CT molecular complexity index is 1100. The van der Waals surface area contributed by atoms with E-state index in [2.05, 4.69) is 10.0 Å². The van der Waals surface area contributed by atoms with Gasteiger partial charge in [-0.25, -0.2) is 8.42 Å². The molecule has 3 rings (SSSR count). The van der Waals surface area contributed by atoms with Gasteiger partial charge in [-0.2, -0.15) is 0 Å². The Morgan fingerprint density at radius 2 is 1.66 bits per heavy atom. The van der Waals surface area contributed by atoms with E-state index in [4.69, 9.17) is 16.3 Å². The first kappa shape index (κ1) is 20.7. The van der Waals surface area contributed by atoms with Crippen LogP contribution >= 0.6 is 11.6 Å². The number of carbonyl (C=O) groups excluding carboxylic acids is 1. The van der Waals surface area contributed by atoms with E-state index in [1.54, 1.807) is 60.7 Å². The summed E-state index contributed by atoms with van der Waals surface area (Å²) in [6.45, 7) is 0. The van der Waals surface area contributed by atoms with Crippen molar-refractivity contribution in [2.75, 3.05) is 17.1 Å². The number of amides is 1. The van der Waals surface area contributed by atoms with Gasteiger partial charge in [-0.15, -0.1) is 0 Å². The van der Waals surface area contributed by atoms with Gasteiger partial charge < -0.3 is 10.1 Å². The second-order valence-electron chi connectivity index (χ2n) is 6.21. The van der Waals surface area contributed by atoms with Crippen LogP contribution in [0.1, 0.15) is 5.56 Å². The minimum absolute atomic E-state index is 0.0395. The summed E-state index contributed by atoms with van der Waals surface area (Å²) in [5.41, 5.74) is 1.60. The van der Waals surface area contributed by atoms with Gasteiger partial charge in [-0.05, 0) is 60.2 Å². The maximum atomic E-state index is 12.6. The molecule has 0 aliphatic heterocycles. The lowest BCUT2D eigenvalue weighted by Crippen LogP contribution is -2.16. The molecule has 8 heteroatoms. The Kier molecular flexibility index (Phi) is 6.41. The zero-order valence-corrected chi connectivity index (χ0v) is 17.1. The second-order valence-corrected chi connectivity index (χ2v) is 8.33. The van der Waals surface area contributed by atoms with E-state index < -0.39 is 10.0 Å². The van der Waals surface area contributed by atoms with Gasteiger partial charge >= 0.3 is 0 Å². The third-order valence-electron chi connectivity index (χ3n) is 4.05. The van der Waals surface area contributed by atoms with Crippen LogP contribution in [0.15, 0.2) is 77.7 Å². The average molecular weight is 431 g/mol. The summed E-state index contributed by atoms with van der Waals surface area (Å²) in [7, 11) is -2.28. The molecule has 0 heterocycles. The van der Waals surface area contributed by atoms with Crippen molar-refractivity contribution in [3.8, 4) is 5.75 Å². The third kappa shape index (κ3) is 5.73. The predicted octanol–water partition coefficient (Wildman–Crippen LogP) is 4.33. The molecule has 1 amide bonds. The summed E-state index contributed by atoms with van der Waals surface area (Å²) >= 11 is 5.84. The van der Waals surface area contributed by atoms with Gasteiger partial charge in [-0.3, -0.25) is 9.52 Å². The van der Waals surface area contributed by atoms with Crippen LogP contribution in [0, 0.1) is 0 Å². The highest BCUT2D eigenvalue weighted by molar-refractivity contribution is 7.92. The Morgan fingerprint density at radius 1 is 0.966 bits per heavy atom. The SMILES string of the molecule is COc1ccc(NS(=O)(=O)c2cccc(NC(=O)Cc3ccc(Cl)cc3)c2)cc1. The van der Waals surface area contributed by atoms with E-state index in [0.29, 0.717) is 22.1 Å². The van der Waals surface area contributed by atoms with Crippen LogP contribution in [0.3, 0.4) is 0 Å². The number of methoxy groups -OCH3 is 1. The van der Waals surface area contributed by atoms with Crippen LogP contribution in [0.4, 0.5) is 11.4 Å². The van der Waals surface area contributed by atoms with E-state index in [0.717, 1.165) is 5.56 Å². The van der Waals surface area contributed by atoms with E-state index in [9.17, 15) is 13.2 Å². The third-order valence-corrected chi connectivity index (χ3v) is 5.68. The topological polar surface area (TPSA) is 84.5 Å². The minimum atomic E-state index is -3.81. The van der Waals surface area contributed by atoms with Crippen molar-refractivity contribution >= 4 is 38.9 Å². The molecule has 0 fully saturated rings. The van der Waals surface area contributed by atoms with E-state index >= 15 is 0 Å². The quantitative estimate of drug-likeness (QED) is 0.584. The lowest BCUT2D eigenvalue weighted by Gasteiger charge is -2.11. The number of rotatable bonds is 7. The van der Waals surface area contributed by atoms with Gasteiger partial charge in [0.15, 0.2) is 0 Å². The fourth-order valence-electron chi connectivity index (χ4n) is 2.61. The number of carbonyl (C=O) groups is 1. The van der Waals surface area contributed by atoms with Crippen LogP contribution in [-0.4, -0.2) is 21.4 Å². The first-order chi connectivity index (χ1) is 13.9. The first-order valence-corrected chi connectivity index (χ1v) is 10.5. The number of hydrogen-bond donors (Lipinski definition) is 2. The monoisotopic (exact) mass is 430 g/mol. The predicted molar refractivity (Wildman–Crippen MR) is 114 cm³/mol. The van der Waals surface area contributed by atoms with Gasteiger partial charge in [0.05, 0.1) is 18.4 Å². The van der Waals surface area contributed by atoms with Crippen molar-refractivity contribution in [2.24, 2.45) is 0 Å². The van der Waals surface area contributed by atoms with Gasteiger partial charge in [0.2, 0.25) is 5.91 Å². The number of nitrogens with one attached hydrogen (secondary N) is 2. The Morgan fingerprint density at radius 3 is 2.31 bits per heavy atom. The Hall–Kier alpha value is -3.03. The van der Waals surface area contributed by atoms with Crippen molar-refractivity contribution in [1.82, 2.24) is 0 Å². The molecular weight excluding hydrogens is 412 g/mol. The first-order valence-electron chi connectivity index (χ1n) is 8.67. The van der Waals surface area contributed by atoms with E-state index in [-0.39, 0.29) is 17.2 Å². The van der Waals surface area contributed by atoms with Gasteiger partial charge in [0, 0.05) is 16.4 Å². The molecule has 0 radical (unpaired) electrons. The molecule has 0 saturated heterocycles. The number of ether oxygens (including phenoxy) is 1. The zero-order valence-electron chi connectivity index (χ0n) is 15.6. The van der Waals surface area contributed by atoms with Crippen molar-refractivity contribution in [1.29, 1.82) is 0 Å². The molecule has 0 aromatic heterocycles. The molecule has 0 bridgehead atoms. The smallest absolute Gasteiger partial charge is 0.261 e. The lowest BCUT2D eigenvalue weighted by atomic mass is 10.1. The van der Waals surface area contributed by atoms with Crippen LogP contribution < -0.4 is 14.8 Å². The molecular formula is C21H19ClN2O4S. The van der Waals surface area contributed by atoms with Crippen LogP contribution in [0.2, 0.25) is 5.02 Å². The maximum absolute atomic E-state index is 12.6. The molecule has 0 aliphatic rings. The van der Waals surface area contributed by atoms with Crippen LogP contribution in [-0.2, 0) is 21.2 Å². The summed E-state index contributed by atoms with van der Waals surface area (Å²) in [6, 6.07) is 19.5. The van der Waals surface area contributed by atoms with Gasteiger partial charge in [0.25, 0.3) is 10.0 Å². The second kappa shape index (κ2) is 8.98. The van der Waals surface area contributed by atoms with E-state index in [1.807, 2.05) is 0 Å². The lowest BCUT2D eigenvalue weighted by molar-refractivity contribution is -0.115. The van der Waals surface area contributed by atoms with Gasteiger partial charge in [0.1, 0.15) is 5.75 Å². The minimum Gasteiger partial charge on any atom is -0.497 e. The highest BCUT2D eigenvalue weighted by atomic mass is 35.5. The number of sulfonamides is 1. The number of benzene rings is 3. The Balaban J connectivity index is 1.70. The van der Waals surface area contributed by atoms with Crippen LogP contribution in [0.25, 0.3) is 0 Å². The molecule has 150 valence electrons. The fourth-order valence-corrected chi connectivity index (χ4v) is 3.84. The molecule has 3 aromatic carbocycles. The molecule has 29 heavy (non-hydrogen) atoms. The summed E-state index contributed by atoms with van der Waals surface area (Å²) in [5.74, 6) is 0.364. The molecule has 0 spiro atoms. The summed E-state index contributed by atoms with van der Waals surface area (Å²) in [5, 5.41) is 3.31. The summed E-state index contributed by atoms with van der Waals surface area (Å²) in [4.78, 5) is 12.3. The number of anilines is 2. The number of hydrogen-bond acceptors (Lipinski definition) is 4. The Labute approximate surface area is 174 Å². The molecule has 0 atom stereocenters.